The van der Waals surface area contributed by atoms with Crippen molar-refractivity contribution in [2.24, 2.45) is 5.73 Å². The lowest BCUT2D eigenvalue weighted by molar-refractivity contribution is 0.679. The van der Waals surface area contributed by atoms with Crippen LogP contribution in [0.5, 0.6) is 0 Å². The summed E-state index contributed by atoms with van der Waals surface area (Å²) in [5, 5.41) is 0. The lowest BCUT2D eigenvalue weighted by Crippen LogP contribution is -2.20. The molecule has 0 bridgehead atoms. The van der Waals surface area contributed by atoms with Gasteiger partial charge in [0.1, 0.15) is 5.82 Å². The fraction of sp³-hybridized carbons (Fsp3) is 0.692. The zero-order valence-electron chi connectivity index (χ0n) is 10.4. The second-order valence-electron chi connectivity index (χ2n) is 5.24. The summed E-state index contributed by atoms with van der Waals surface area (Å²) in [6.45, 7) is 6.35. The van der Waals surface area contributed by atoms with E-state index in [1.807, 2.05) is 6.92 Å². The SMILES string of the molecule is CC(N)Cc1nc(C(C)C)cc(C2CC2)n1. The molecule has 0 aromatic carbocycles. The molecule has 16 heavy (non-hydrogen) atoms. The molecular formula is C13H21N3. The Balaban J connectivity index is 2.28. The van der Waals surface area contributed by atoms with Crippen LogP contribution in [0.15, 0.2) is 6.07 Å². The van der Waals surface area contributed by atoms with Gasteiger partial charge in [0.2, 0.25) is 0 Å². The normalized spacial score (nSPS) is 17.8. The maximum absolute atomic E-state index is 5.81. The molecule has 1 aliphatic rings. The summed E-state index contributed by atoms with van der Waals surface area (Å²) in [5.41, 5.74) is 8.20. The van der Waals surface area contributed by atoms with Gasteiger partial charge in [-0.2, -0.15) is 0 Å². The van der Waals surface area contributed by atoms with Crippen molar-refractivity contribution in [2.75, 3.05) is 0 Å². The van der Waals surface area contributed by atoms with E-state index < -0.39 is 0 Å². The Morgan fingerprint density at radius 1 is 1.31 bits per heavy atom. The summed E-state index contributed by atoms with van der Waals surface area (Å²) in [6, 6.07) is 2.31. The minimum Gasteiger partial charge on any atom is -0.328 e. The predicted octanol–water partition coefficient (Wildman–Crippen LogP) is 2.37. The first-order valence-corrected chi connectivity index (χ1v) is 6.19. The molecule has 3 heteroatoms. The van der Waals surface area contributed by atoms with E-state index in [9.17, 15) is 0 Å². The fourth-order valence-corrected chi connectivity index (χ4v) is 1.80. The first-order valence-electron chi connectivity index (χ1n) is 6.19. The van der Waals surface area contributed by atoms with Gasteiger partial charge in [-0.05, 0) is 31.7 Å². The van der Waals surface area contributed by atoms with Gasteiger partial charge in [0.25, 0.3) is 0 Å². The lowest BCUT2D eigenvalue weighted by Gasteiger charge is -2.11. The predicted molar refractivity (Wildman–Crippen MR) is 65.4 cm³/mol. The molecule has 0 amide bonds. The highest BCUT2D eigenvalue weighted by Gasteiger charge is 2.26. The maximum Gasteiger partial charge on any atom is 0.130 e. The van der Waals surface area contributed by atoms with Gasteiger partial charge in [0.15, 0.2) is 0 Å². The summed E-state index contributed by atoms with van der Waals surface area (Å²) in [5.74, 6) is 2.07. The molecule has 2 N–H and O–H groups in total. The Morgan fingerprint density at radius 3 is 2.50 bits per heavy atom. The van der Waals surface area contributed by atoms with Crippen molar-refractivity contribution in [1.82, 2.24) is 9.97 Å². The molecule has 0 spiro atoms. The quantitative estimate of drug-likeness (QED) is 0.845. The van der Waals surface area contributed by atoms with Gasteiger partial charge < -0.3 is 5.73 Å². The van der Waals surface area contributed by atoms with Gasteiger partial charge in [-0.3, -0.25) is 0 Å². The first kappa shape index (κ1) is 11.5. The average molecular weight is 219 g/mol. The smallest absolute Gasteiger partial charge is 0.130 e. The molecule has 1 atom stereocenters. The summed E-state index contributed by atoms with van der Waals surface area (Å²) in [7, 11) is 0. The van der Waals surface area contributed by atoms with Crippen molar-refractivity contribution in [3.8, 4) is 0 Å². The second-order valence-corrected chi connectivity index (χ2v) is 5.24. The van der Waals surface area contributed by atoms with Crippen LogP contribution >= 0.6 is 0 Å². The summed E-state index contributed by atoms with van der Waals surface area (Å²) in [6.07, 6.45) is 3.35. The third-order valence-electron chi connectivity index (χ3n) is 2.90. The maximum atomic E-state index is 5.81. The molecule has 1 saturated carbocycles. The van der Waals surface area contributed by atoms with Crippen molar-refractivity contribution in [2.45, 2.75) is 57.9 Å². The molecular weight excluding hydrogens is 198 g/mol. The molecule has 88 valence electrons. The van der Waals surface area contributed by atoms with E-state index in [0.29, 0.717) is 11.8 Å². The zero-order valence-corrected chi connectivity index (χ0v) is 10.4. The number of hydrogen-bond acceptors (Lipinski definition) is 3. The number of hydrogen-bond donors (Lipinski definition) is 1. The van der Waals surface area contributed by atoms with Gasteiger partial charge in [-0.25, -0.2) is 9.97 Å². The second kappa shape index (κ2) is 4.50. The molecule has 3 nitrogen and oxygen atoms in total. The molecule has 0 saturated heterocycles. The Morgan fingerprint density at radius 2 is 2.00 bits per heavy atom. The Bertz CT molecular complexity index is 347. The molecule has 0 radical (unpaired) electrons. The van der Waals surface area contributed by atoms with Gasteiger partial charge in [-0.15, -0.1) is 0 Å². The van der Waals surface area contributed by atoms with Crippen molar-refractivity contribution < 1.29 is 0 Å². The van der Waals surface area contributed by atoms with E-state index in [-0.39, 0.29) is 6.04 Å². The van der Waals surface area contributed by atoms with Crippen LogP contribution in [0.2, 0.25) is 0 Å². The first-order chi connectivity index (χ1) is 7.56. The summed E-state index contributed by atoms with van der Waals surface area (Å²) in [4.78, 5) is 9.22. The van der Waals surface area contributed by atoms with Crippen molar-refractivity contribution in [1.29, 1.82) is 0 Å². The van der Waals surface area contributed by atoms with Crippen LogP contribution in [-0.2, 0) is 6.42 Å². The number of aromatic nitrogens is 2. The topological polar surface area (TPSA) is 51.8 Å². The lowest BCUT2D eigenvalue weighted by atomic mass is 10.1. The number of nitrogens with two attached hydrogens (primary N) is 1. The molecule has 1 fully saturated rings. The van der Waals surface area contributed by atoms with E-state index in [0.717, 1.165) is 17.9 Å². The minimum atomic E-state index is 0.134. The Hall–Kier alpha value is -0.960. The summed E-state index contributed by atoms with van der Waals surface area (Å²) >= 11 is 0. The number of nitrogens with zero attached hydrogens (tertiary/aromatic N) is 2. The van der Waals surface area contributed by atoms with Crippen molar-refractivity contribution in [3.05, 3.63) is 23.3 Å². The van der Waals surface area contributed by atoms with Crippen LogP contribution in [0.25, 0.3) is 0 Å². The highest BCUT2D eigenvalue weighted by molar-refractivity contribution is 5.21. The van der Waals surface area contributed by atoms with Crippen LogP contribution in [-0.4, -0.2) is 16.0 Å². The van der Waals surface area contributed by atoms with Crippen LogP contribution in [0.3, 0.4) is 0 Å². The highest BCUT2D eigenvalue weighted by Crippen LogP contribution is 2.39. The van der Waals surface area contributed by atoms with E-state index >= 15 is 0 Å². The van der Waals surface area contributed by atoms with Gasteiger partial charge in [-0.1, -0.05) is 13.8 Å². The Labute approximate surface area is 97.5 Å². The molecule has 0 aliphatic heterocycles. The minimum absolute atomic E-state index is 0.134. The molecule has 1 aliphatic carbocycles. The fourth-order valence-electron chi connectivity index (χ4n) is 1.80. The molecule has 2 rings (SSSR count). The molecule has 1 aromatic heterocycles. The standard InChI is InChI=1S/C13H21N3/c1-8(2)11-7-12(10-4-5-10)16-13(15-11)6-9(3)14/h7-10H,4-6,14H2,1-3H3. The average Bonchev–Trinajstić information content (AvgIpc) is 2.98. The summed E-state index contributed by atoms with van der Waals surface area (Å²) < 4.78 is 0. The van der Waals surface area contributed by atoms with Gasteiger partial charge >= 0.3 is 0 Å². The van der Waals surface area contributed by atoms with Crippen molar-refractivity contribution in [3.63, 3.8) is 0 Å². The van der Waals surface area contributed by atoms with Gasteiger partial charge in [0, 0.05) is 29.8 Å². The third-order valence-corrected chi connectivity index (χ3v) is 2.90. The molecule has 1 unspecified atom stereocenters. The number of rotatable bonds is 4. The molecule has 1 aromatic rings. The van der Waals surface area contributed by atoms with E-state index in [1.165, 1.54) is 18.5 Å². The van der Waals surface area contributed by atoms with E-state index in [1.54, 1.807) is 0 Å². The van der Waals surface area contributed by atoms with Crippen LogP contribution < -0.4 is 5.73 Å². The zero-order chi connectivity index (χ0) is 11.7. The van der Waals surface area contributed by atoms with E-state index in [4.69, 9.17) is 5.73 Å². The Kier molecular flexibility index (Phi) is 3.24. The monoisotopic (exact) mass is 219 g/mol. The van der Waals surface area contributed by atoms with Crippen LogP contribution in [0.1, 0.15) is 62.7 Å². The highest BCUT2D eigenvalue weighted by atomic mass is 14.9. The third kappa shape index (κ3) is 2.79. The van der Waals surface area contributed by atoms with Crippen molar-refractivity contribution >= 4 is 0 Å². The molecule has 1 heterocycles. The van der Waals surface area contributed by atoms with Gasteiger partial charge in [0.05, 0.1) is 0 Å². The van der Waals surface area contributed by atoms with Crippen LogP contribution in [0.4, 0.5) is 0 Å². The van der Waals surface area contributed by atoms with Crippen LogP contribution in [0, 0.1) is 0 Å². The largest absolute Gasteiger partial charge is 0.328 e. The van der Waals surface area contributed by atoms with E-state index in [2.05, 4.69) is 29.9 Å².